The normalized spacial score (nSPS) is 17.9. The predicted molar refractivity (Wildman–Crippen MR) is 53.5 cm³/mol. The number of nitrogens with one attached hydrogen (secondary N) is 1. The first kappa shape index (κ1) is 10.3. The third-order valence-electron chi connectivity index (χ3n) is 2.59. The van der Waals surface area contributed by atoms with E-state index in [9.17, 15) is 4.79 Å². The zero-order valence-corrected chi connectivity index (χ0v) is 8.82. The molecule has 1 saturated heterocycles. The van der Waals surface area contributed by atoms with Crippen LogP contribution in [0.1, 0.15) is 37.4 Å². The molecule has 0 amide bonds. The lowest BCUT2D eigenvalue weighted by Gasteiger charge is -2.18. The molecule has 0 aliphatic carbocycles. The van der Waals surface area contributed by atoms with E-state index >= 15 is 0 Å². The van der Waals surface area contributed by atoms with Gasteiger partial charge in [0.1, 0.15) is 5.78 Å². The highest BCUT2D eigenvalue weighted by Crippen LogP contribution is 2.22. The lowest BCUT2D eigenvalue weighted by atomic mass is 9.98. The summed E-state index contributed by atoms with van der Waals surface area (Å²) in [5, 5.41) is 7.21. The van der Waals surface area contributed by atoms with E-state index in [1.807, 2.05) is 0 Å². The van der Waals surface area contributed by atoms with Gasteiger partial charge in [-0.25, -0.2) is 0 Å². The quantitative estimate of drug-likeness (QED) is 0.792. The van der Waals surface area contributed by atoms with E-state index in [1.165, 1.54) is 6.92 Å². The third kappa shape index (κ3) is 2.62. The molecule has 0 atom stereocenters. The monoisotopic (exact) mass is 209 g/mol. The Hall–Kier alpha value is -1.23. The standard InChI is InChI=1S/C10H15N3O2/c1-7(14)6-9-12-10(13-15-9)8-2-4-11-5-3-8/h8,11H,2-6H2,1H3. The minimum absolute atomic E-state index is 0.0514. The van der Waals surface area contributed by atoms with Crippen LogP contribution in [-0.4, -0.2) is 29.0 Å². The van der Waals surface area contributed by atoms with E-state index in [0.717, 1.165) is 31.8 Å². The van der Waals surface area contributed by atoms with E-state index in [4.69, 9.17) is 4.52 Å². The van der Waals surface area contributed by atoms with Gasteiger partial charge in [-0.05, 0) is 32.9 Å². The first-order chi connectivity index (χ1) is 7.25. The molecular formula is C10H15N3O2. The maximum atomic E-state index is 10.9. The van der Waals surface area contributed by atoms with Crippen molar-refractivity contribution in [3.05, 3.63) is 11.7 Å². The molecule has 0 radical (unpaired) electrons. The number of ketones is 1. The second-order valence-corrected chi connectivity index (χ2v) is 3.95. The molecule has 0 bridgehead atoms. The molecule has 1 N–H and O–H groups in total. The van der Waals surface area contributed by atoms with Crippen molar-refractivity contribution < 1.29 is 9.32 Å². The van der Waals surface area contributed by atoms with Gasteiger partial charge in [-0.3, -0.25) is 4.79 Å². The zero-order chi connectivity index (χ0) is 10.7. The van der Waals surface area contributed by atoms with Gasteiger partial charge in [-0.15, -0.1) is 0 Å². The second kappa shape index (κ2) is 4.53. The van der Waals surface area contributed by atoms with Gasteiger partial charge in [0.15, 0.2) is 5.82 Å². The number of piperidine rings is 1. The van der Waals surface area contributed by atoms with Crippen LogP contribution in [0.5, 0.6) is 0 Å². The van der Waals surface area contributed by atoms with E-state index < -0.39 is 0 Å². The SMILES string of the molecule is CC(=O)Cc1nc(C2CCNCC2)no1. The predicted octanol–water partition coefficient (Wildman–Crippen LogP) is 0.668. The van der Waals surface area contributed by atoms with Gasteiger partial charge in [0, 0.05) is 5.92 Å². The highest BCUT2D eigenvalue weighted by molar-refractivity contribution is 5.77. The molecule has 0 aromatic carbocycles. The van der Waals surface area contributed by atoms with Crippen LogP contribution in [0.3, 0.4) is 0 Å². The number of rotatable bonds is 3. The van der Waals surface area contributed by atoms with Gasteiger partial charge in [-0.2, -0.15) is 4.98 Å². The highest BCUT2D eigenvalue weighted by atomic mass is 16.5. The summed E-state index contributed by atoms with van der Waals surface area (Å²) < 4.78 is 5.03. The van der Waals surface area contributed by atoms with Crippen molar-refractivity contribution in [2.75, 3.05) is 13.1 Å². The van der Waals surface area contributed by atoms with Crippen LogP contribution >= 0.6 is 0 Å². The molecule has 1 aliphatic heterocycles. The van der Waals surface area contributed by atoms with Crippen LogP contribution in [0.4, 0.5) is 0 Å². The fourth-order valence-corrected chi connectivity index (χ4v) is 1.80. The molecule has 1 fully saturated rings. The molecule has 82 valence electrons. The van der Waals surface area contributed by atoms with Gasteiger partial charge in [0.2, 0.25) is 5.89 Å². The fourth-order valence-electron chi connectivity index (χ4n) is 1.80. The summed E-state index contributed by atoms with van der Waals surface area (Å²) in [6, 6.07) is 0. The number of carbonyl (C=O) groups excluding carboxylic acids is 1. The molecular weight excluding hydrogens is 194 g/mol. The number of Topliss-reactive ketones (excluding diaryl/α,β-unsaturated/α-hetero) is 1. The Kier molecular flexibility index (Phi) is 3.11. The highest BCUT2D eigenvalue weighted by Gasteiger charge is 2.20. The van der Waals surface area contributed by atoms with Crippen LogP contribution < -0.4 is 5.32 Å². The molecule has 0 unspecified atom stereocenters. The number of carbonyl (C=O) groups is 1. The topological polar surface area (TPSA) is 68.0 Å². The molecule has 0 spiro atoms. The third-order valence-corrected chi connectivity index (χ3v) is 2.59. The second-order valence-electron chi connectivity index (χ2n) is 3.95. The van der Waals surface area contributed by atoms with Gasteiger partial charge in [-0.1, -0.05) is 5.16 Å². The van der Waals surface area contributed by atoms with Crippen molar-refractivity contribution in [3.8, 4) is 0 Å². The molecule has 1 aromatic rings. The van der Waals surface area contributed by atoms with Crippen molar-refractivity contribution in [1.82, 2.24) is 15.5 Å². The fraction of sp³-hybridized carbons (Fsp3) is 0.700. The van der Waals surface area contributed by atoms with Crippen LogP contribution in [0, 0.1) is 0 Å². The number of hydrogen-bond donors (Lipinski definition) is 1. The average molecular weight is 209 g/mol. The molecule has 2 heterocycles. The number of nitrogens with zero attached hydrogens (tertiary/aromatic N) is 2. The Morgan fingerprint density at radius 1 is 1.53 bits per heavy atom. The average Bonchev–Trinajstić information content (AvgIpc) is 2.67. The summed E-state index contributed by atoms with van der Waals surface area (Å²) >= 11 is 0. The van der Waals surface area contributed by atoms with Gasteiger partial charge >= 0.3 is 0 Å². The minimum atomic E-state index is 0.0514. The number of hydrogen-bond acceptors (Lipinski definition) is 5. The summed E-state index contributed by atoms with van der Waals surface area (Å²) in [5.74, 6) is 1.63. The zero-order valence-electron chi connectivity index (χ0n) is 8.82. The number of aromatic nitrogens is 2. The molecule has 5 nitrogen and oxygen atoms in total. The van der Waals surface area contributed by atoms with Crippen molar-refractivity contribution in [2.45, 2.75) is 32.1 Å². The molecule has 0 saturated carbocycles. The largest absolute Gasteiger partial charge is 0.339 e. The Labute approximate surface area is 88.2 Å². The van der Waals surface area contributed by atoms with Gasteiger partial charge < -0.3 is 9.84 Å². The Bertz CT molecular complexity index is 342. The van der Waals surface area contributed by atoms with E-state index in [1.54, 1.807) is 0 Å². The summed E-state index contributed by atoms with van der Waals surface area (Å²) in [4.78, 5) is 15.1. The first-order valence-electron chi connectivity index (χ1n) is 5.28. The van der Waals surface area contributed by atoms with Crippen molar-refractivity contribution in [2.24, 2.45) is 0 Å². The first-order valence-corrected chi connectivity index (χ1v) is 5.28. The molecule has 1 aliphatic rings. The Balaban J connectivity index is 2.02. The maximum absolute atomic E-state index is 10.9. The van der Waals surface area contributed by atoms with E-state index in [-0.39, 0.29) is 12.2 Å². The van der Waals surface area contributed by atoms with Gasteiger partial charge in [0.05, 0.1) is 6.42 Å². The van der Waals surface area contributed by atoms with Crippen LogP contribution in [0.2, 0.25) is 0 Å². The van der Waals surface area contributed by atoms with E-state index in [0.29, 0.717) is 11.8 Å². The van der Waals surface area contributed by atoms with Crippen molar-refractivity contribution in [3.63, 3.8) is 0 Å². The Morgan fingerprint density at radius 2 is 2.27 bits per heavy atom. The Morgan fingerprint density at radius 3 is 2.93 bits per heavy atom. The lowest BCUT2D eigenvalue weighted by molar-refractivity contribution is -0.116. The summed E-state index contributed by atoms with van der Waals surface area (Å²) in [6.07, 6.45) is 2.33. The van der Waals surface area contributed by atoms with Gasteiger partial charge in [0.25, 0.3) is 0 Å². The van der Waals surface area contributed by atoms with Crippen molar-refractivity contribution >= 4 is 5.78 Å². The van der Waals surface area contributed by atoms with Crippen LogP contribution in [0.25, 0.3) is 0 Å². The van der Waals surface area contributed by atoms with Crippen molar-refractivity contribution in [1.29, 1.82) is 0 Å². The lowest BCUT2D eigenvalue weighted by Crippen LogP contribution is -2.27. The molecule has 15 heavy (non-hydrogen) atoms. The smallest absolute Gasteiger partial charge is 0.234 e. The summed E-state index contributed by atoms with van der Waals surface area (Å²) in [7, 11) is 0. The summed E-state index contributed by atoms with van der Waals surface area (Å²) in [5.41, 5.74) is 0. The minimum Gasteiger partial charge on any atom is -0.339 e. The van der Waals surface area contributed by atoms with Crippen LogP contribution in [0.15, 0.2) is 4.52 Å². The molecule has 1 aromatic heterocycles. The molecule has 5 heteroatoms. The van der Waals surface area contributed by atoms with Crippen LogP contribution in [-0.2, 0) is 11.2 Å². The van der Waals surface area contributed by atoms with E-state index in [2.05, 4.69) is 15.5 Å². The molecule has 2 rings (SSSR count). The summed E-state index contributed by atoms with van der Waals surface area (Å²) in [6.45, 7) is 3.52. The maximum Gasteiger partial charge on any atom is 0.234 e.